The van der Waals surface area contributed by atoms with Gasteiger partial charge < -0.3 is 19.3 Å². The third kappa shape index (κ3) is 3.88. The summed E-state index contributed by atoms with van der Waals surface area (Å²) in [5, 5.41) is 9.28. The summed E-state index contributed by atoms with van der Waals surface area (Å²) in [5.41, 5.74) is 0. The number of carbonyl (C=O) groups is 2. The zero-order chi connectivity index (χ0) is 11.8. The average molecular weight is 218 g/mol. The molecule has 0 spiro atoms. The minimum Gasteiger partial charge on any atom is -0.499 e. The topological polar surface area (TPSA) is 82.1 Å². The Morgan fingerprint density at radius 2 is 1.53 bits per heavy atom. The summed E-state index contributed by atoms with van der Waals surface area (Å²) in [6, 6.07) is 0. The van der Waals surface area contributed by atoms with Crippen LogP contribution in [0.25, 0.3) is 0 Å². The molecule has 0 aliphatic carbocycles. The molecular formula is C9H14O6. The van der Waals surface area contributed by atoms with Gasteiger partial charge in [0.25, 0.3) is 11.5 Å². The molecule has 1 N–H and O–H groups in total. The zero-order valence-corrected chi connectivity index (χ0v) is 8.90. The highest BCUT2D eigenvalue weighted by molar-refractivity contribution is 5.97. The first-order chi connectivity index (χ1) is 7.08. The van der Waals surface area contributed by atoms with E-state index in [1.165, 1.54) is 0 Å². The molecule has 0 fully saturated rings. The van der Waals surface area contributed by atoms with Crippen LogP contribution >= 0.6 is 0 Å². The molecule has 0 bridgehead atoms. The molecule has 0 saturated heterocycles. The lowest BCUT2D eigenvalue weighted by Crippen LogP contribution is -2.17. The van der Waals surface area contributed by atoms with Crippen molar-refractivity contribution in [3.63, 3.8) is 0 Å². The van der Waals surface area contributed by atoms with Crippen LogP contribution in [0.3, 0.4) is 0 Å². The van der Waals surface area contributed by atoms with Crippen LogP contribution in [-0.2, 0) is 23.8 Å². The van der Waals surface area contributed by atoms with Crippen LogP contribution in [-0.4, -0.2) is 37.4 Å². The quantitative estimate of drug-likeness (QED) is 0.411. The molecule has 0 aromatic rings. The van der Waals surface area contributed by atoms with E-state index < -0.39 is 23.5 Å². The minimum absolute atomic E-state index is 0.0860. The molecule has 0 aliphatic rings. The van der Waals surface area contributed by atoms with Crippen LogP contribution < -0.4 is 0 Å². The lowest BCUT2D eigenvalue weighted by atomic mass is 10.4. The van der Waals surface area contributed by atoms with Crippen LogP contribution in [0.15, 0.2) is 11.5 Å². The molecule has 0 aromatic carbocycles. The van der Waals surface area contributed by atoms with Gasteiger partial charge in [0.2, 0.25) is 0 Å². The number of carbonyl (C=O) groups excluding carboxylic acids is 2. The second-order valence-corrected chi connectivity index (χ2v) is 2.32. The van der Waals surface area contributed by atoms with Gasteiger partial charge >= 0.3 is 11.9 Å². The smallest absolute Gasteiger partial charge is 0.377 e. The van der Waals surface area contributed by atoms with Gasteiger partial charge in [-0.05, 0) is 13.8 Å². The predicted octanol–water partition coefficient (Wildman–Crippen LogP) is 0.529. The fourth-order valence-corrected chi connectivity index (χ4v) is 0.765. The van der Waals surface area contributed by atoms with Crippen molar-refractivity contribution < 1.29 is 28.9 Å². The maximum absolute atomic E-state index is 11.2. The number of hydrogen-bond donors (Lipinski definition) is 1. The highest BCUT2D eigenvalue weighted by Crippen LogP contribution is 2.07. The zero-order valence-electron chi connectivity index (χ0n) is 8.90. The minimum atomic E-state index is -1.03. The van der Waals surface area contributed by atoms with Gasteiger partial charge in [-0.3, -0.25) is 0 Å². The number of aliphatic hydroxyl groups excluding tert-OH is 1. The fraction of sp³-hybridized carbons (Fsp3) is 0.556. The summed E-state index contributed by atoms with van der Waals surface area (Å²) in [6.45, 7) is 3.36. The Labute approximate surface area is 87.4 Å². The van der Waals surface area contributed by atoms with E-state index in [1.54, 1.807) is 13.8 Å². The predicted molar refractivity (Wildman–Crippen MR) is 49.9 cm³/mol. The van der Waals surface area contributed by atoms with Gasteiger partial charge in [0.1, 0.15) is 0 Å². The summed E-state index contributed by atoms with van der Waals surface area (Å²) in [7, 11) is 1.14. The summed E-state index contributed by atoms with van der Waals surface area (Å²) >= 11 is 0. The van der Waals surface area contributed by atoms with E-state index in [-0.39, 0.29) is 13.2 Å². The van der Waals surface area contributed by atoms with Crippen LogP contribution in [0.2, 0.25) is 0 Å². The third-order valence-corrected chi connectivity index (χ3v) is 1.35. The van der Waals surface area contributed by atoms with Crippen molar-refractivity contribution >= 4 is 11.9 Å². The highest BCUT2D eigenvalue weighted by atomic mass is 16.6. The number of aliphatic hydroxyl groups is 1. The molecule has 0 rings (SSSR count). The lowest BCUT2D eigenvalue weighted by molar-refractivity contribution is -0.147. The van der Waals surface area contributed by atoms with E-state index in [0.717, 1.165) is 7.11 Å². The number of esters is 2. The highest BCUT2D eigenvalue weighted by Gasteiger charge is 2.23. The molecule has 0 aliphatic heterocycles. The summed E-state index contributed by atoms with van der Waals surface area (Å²) in [6.07, 6.45) is 0. The van der Waals surface area contributed by atoms with E-state index in [9.17, 15) is 14.7 Å². The van der Waals surface area contributed by atoms with Crippen molar-refractivity contribution in [2.45, 2.75) is 13.8 Å². The van der Waals surface area contributed by atoms with E-state index in [4.69, 9.17) is 0 Å². The van der Waals surface area contributed by atoms with Gasteiger partial charge in [0, 0.05) is 0 Å². The summed E-state index contributed by atoms with van der Waals surface area (Å²) in [4.78, 5) is 22.2. The van der Waals surface area contributed by atoms with Crippen LogP contribution in [0, 0.1) is 0 Å². The largest absolute Gasteiger partial charge is 0.499 e. The molecule has 6 heteroatoms. The van der Waals surface area contributed by atoms with Crippen molar-refractivity contribution in [2.24, 2.45) is 0 Å². The van der Waals surface area contributed by atoms with Crippen LogP contribution in [0.1, 0.15) is 13.8 Å². The molecule has 15 heavy (non-hydrogen) atoms. The monoisotopic (exact) mass is 218 g/mol. The van der Waals surface area contributed by atoms with Crippen molar-refractivity contribution in [1.29, 1.82) is 0 Å². The molecular weight excluding hydrogens is 204 g/mol. The second kappa shape index (κ2) is 6.69. The van der Waals surface area contributed by atoms with E-state index in [1.807, 2.05) is 0 Å². The van der Waals surface area contributed by atoms with E-state index in [2.05, 4.69) is 14.2 Å². The first kappa shape index (κ1) is 13.3. The van der Waals surface area contributed by atoms with Gasteiger partial charge in [-0.15, -0.1) is 0 Å². The van der Waals surface area contributed by atoms with Crippen molar-refractivity contribution in [3.8, 4) is 0 Å². The molecule has 0 saturated carbocycles. The first-order valence-electron chi connectivity index (χ1n) is 4.39. The number of rotatable bonds is 5. The van der Waals surface area contributed by atoms with Gasteiger partial charge in [-0.25, -0.2) is 9.59 Å². The molecule has 0 amide bonds. The van der Waals surface area contributed by atoms with Gasteiger partial charge in [0.05, 0.1) is 20.3 Å². The second-order valence-electron chi connectivity index (χ2n) is 2.32. The van der Waals surface area contributed by atoms with Gasteiger partial charge in [-0.1, -0.05) is 0 Å². The van der Waals surface area contributed by atoms with E-state index >= 15 is 0 Å². The Morgan fingerprint density at radius 1 is 1.07 bits per heavy atom. The molecule has 6 nitrogen and oxygen atoms in total. The number of hydrogen-bond acceptors (Lipinski definition) is 6. The third-order valence-electron chi connectivity index (χ3n) is 1.35. The average Bonchev–Trinajstić information content (AvgIpc) is 2.19. The maximum atomic E-state index is 11.2. The maximum Gasteiger partial charge on any atom is 0.377 e. The molecule has 0 aromatic heterocycles. The van der Waals surface area contributed by atoms with Crippen LogP contribution in [0.5, 0.6) is 0 Å². The molecule has 0 unspecified atom stereocenters. The van der Waals surface area contributed by atoms with Crippen LogP contribution in [0.4, 0.5) is 0 Å². The summed E-state index contributed by atoms with van der Waals surface area (Å²) in [5.74, 6) is -3.39. The first-order valence-corrected chi connectivity index (χ1v) is 4.39. The Kier molecular flexibility index (Phi) is 5.92. The Bertz CT molecular complexity index is 268. The molecule has 0 heterocycles. The van der Waals surface area contributed by atoms with Crippen molar-refractivity contribution in [2.75, 3.05) is 20.3 Å². The molecule has 0 atom stereocenters. The van der Waals surface area contributed by atoms with E-state index in [0.29, 0.717) is 0 Å². The van der Waals surface area contributed by atoms with Gasteiger partial charge in [0.15, 0.2) is 0 Å². The standard InChI is InChI=1S/C9H14O6/c1-4-14-8(11)6(10)7(13-3)9(12)15-5-2/h10H,4-5H2,1-3H3/b7-6+. The SMILES string of the molecule is CCOC(=O)/C(O)=C(\OC)C(=O)OCC. The number of methoxy groups -OCH3 is 1. The Balaban J connectivity index is 4.80. The lowest BCUT2D eigenvalue weighted by Gasteiger charge is -2.07. The normalized spacial score (nSPS) is 11.4. The number of ether oxygens (including phenoxy) is 3. The Morgan fingerprint density at radius 3 is 1.93 bits per heavy atom. The van der Waals surface area contributed by atoms with Crippen molar-refractivity contribution in [3.05, 3.63) is 11.5 Å². The molecule has 0 radical (unpaired) electrons. The Hall–Kier alpha value is -1.72. The van der Waals surface area contributed by atoms with Gasteiger partial charge in [-0.2, -0.15) is 0 Å². The van der Waals surface area contributed by atoms with Crippen molar-refractivity contribution in [1.82, 2.24) is 0 Å². The summed E-state index contributed by atoms with van der Waals surface area (Å²) < 4.78 is 13.6. The fourth-order valence-electron chi connectivity index (χ4n) is 0.765. The molecule has 86 valence electrons.